The van der Waals surface area contributed by atoms with E-state index in [-0.39, 0.29) is 5.91 Å². The van der Waals surface area contributed by atoms with Crippen LogP contribution in [0.15, 0.2) is 71.1 Å². The Balaban J connectivity index is 1.69. The molecular formula is C19H12INO2. The first-order valence-electron chi connectivity index (χ1n) is 7.19. The van der Waals surface area contributed by atoms with Crippen molar-refractivity contribution < 1.29 is 9.21 Å². The van der Waals surface area contributed by atoms with Crippen molar-refractivity contribution in [3.63, 3.8) is 0 Å². The van der Waals surface area contributed by atoms with Crippen molar-refractivity contribution in [1.29, 1.82) is 0 Å². The van der Waals surface area contributed by atoms with Crippen molar-refractivity contribution in [2.75, 3.05) is 5.32 Å². The van der Waals surface area contributed by atoms with Crippen molar-refractivity contribution in [1.82, 2.24) is 0 Å². The Labute approximate surface area is 146 Å². The fourth-order valence-corrected chi connectivity index (χ4v) is 3.18. The number of carbonyl (C=O) groups is 1. The van der Waals surface area contributed by atoms with E-state index in [4.69, 9.17) is 4.42 Å². The van der Waals surface area contributed by atoms with Gasteiger partial charge < -0.3 is 9.73 Å². The third-order valence-corrected chi connectivity index (χ3v) is 4.39. The molecule has 0 radical (unpaired) electrons. The summed E-state index contributed by atoms with van der Waals surface area (Å²) in [6.45, 7) is 0. The van der Waals surface area contributed by atoms with Crippen LogP contribution in [0, 0.1) is 3.57 Å². The maximum absolute atomic E-state index is 12.3. The van der Waals surface area contributed by atoms with Crippen molar-refractivity contribution in [3.05, 3.63) is 75.9 Å². The second kappa shape index (κ2) is 5.70. The Morgan fingerprint density at radius 3 is 2.57 bits per heavy atom. The van der Waals surface area contributed by atoms with Crippen LogP contribution in [0.4, 0.5) is 5.69 Å². The number of amides is 1. The molecule has 0 fully saturated rings. The van der Waals surface area contributed by atoms with E-state index in [9.17, 15) is 4.79 Å². The first-order chi connectivity index (χ1) is 11.2. The largest absolute Gasteiger partial charge is 0.456 e. The monoisotopic (exact) mass is 413 g/mol. The number of halogens is 1. The van der Waals surface area contributed by atoms with Crippen molar-refractivity contribution in [2.45, 2.75) is 0 Å². The number of para-hydroxylation sites is 1. The minimum Gasteiger partial charge on any atom is -0.456 e. The van der Waals surface area contributed by atoms with Gasteiger partial charge >= 0.3 is 0 Å². The van der Waals surface area contributed by atoms with E-state index >= 15 is 0 Å². The molecule has 0 unspecified atom stereocenters. The van der Waals surface area contributed by atoms with Gasteiger partial charge in [-0.05, 0) is 59.0 Å². The Kier molecular flexibility index (Phi) is 3.53. The zero-order valence-corrected chi connectivity index (χ0v) is 14.2. The summed E-state index contributed by atoms with van der Waals surface area (Å²) in [6, 6.07) is 21.1. The van der Waals surface area contributed by atoms with Crippen LogP contribution in [0.1, 0.15) is 10.4 Å². The van der Waals surface area contributed by atoms with Crippen LogP contribution in [0.3, 0.4) is 0 Å². The van der Waals surface area contributed by atoms with Crippen LogP contribution >= 0.6 is 22.6 Å². The second-order valence-corrected chi connectivity index (χ2v) is 6.52. The number of hydrogen-bond acceptors (Lipinski definition) is 2. The van der Waals surface area contributed by atoms with Gasteiger partial charge in [-0.1, -0.05) is 24.3 Å². The summed E-state index contributed by atoms with van der Waals surface area (Å²) in [5.74, 6) is -0.126. The molecule has 4 rings (SSSR count). The number of rotatable bonds is 2. The fourth-order valence-electron chi connectivity index (χ4n) is 2.64. The molecule has 1 N–H and O–H groups in total. The van der Waals surface area contributed by atoms with Gasteiger partial charge in [-0.15, -0.1) is 0 Å². The van der Waals surface area contributed by atoms with Crippen LogP contribution in [-0.4, -0.2) is 5.91 Å². The molecule has 0 saturated carbocycles. The zero-order chi connectivity index (χ0) is 15.8. The number of fused-ring (bicyclic) bond motifs is 3. The van der Waals surface area contributed by atoms with Gasteiger partial charge in [0.2, 0.25) is 0 Å². The quantitative estimate of drug-likeness (QED) is 0.445. The third kappa shape index (κ3) is 2.70. The Morgan fingerprint density at radius 2 is 1.70 bits per heavy atom. The van der Waals surface area contributed by atoms with Crippen molar-refractivity contribution in [2.24, 2.45) is 0 Å². The van der Waals surface area contributed by atoms with Crippen LogP contribution in [0.25, 0.3) is 21.9 Å². The minimum absolute atomic E-state index is 0.126. The first-order valence-corrected chi connectivity index (χ1v) is 8.27. The smallest absolute Gasteiger partial charge is 0.255 e. The van der Waals surface area contributed by atoms with Gasteiger partial charge in [0, 0.05) is 31.7 Å². The second-order valence-electron chi connectivity index (χ2n) is 5.27. The summed E-state index contributed by atoms with van der Waals surface area (Å²) in [5, 5.41) is 5.05. The lowest BCUT2D eigenvalue weighted by Crippen LogP contribution is -2.11. The molecule has 1 heterocycles. The maximum atomic E-state index is 12.3. The van der Waals surface area contributed by atoms with Crippen LogP contribution < -0.4 is 5.32 Å². The van der Waals surface area contributed by atoms with Crippen LogP contribution in [-0.2, 0) is 0 Å². The summed E-state index contributed by atoms with van der Waals surface area (Å²) < 4.78 is 6.88. The molecule has 0 saturated heterocycles. The van der Waals surface area contributed by atoms with Gasteiger partial charge in [-0.25, -0.2) is 0 Å². The Morgan fingerprint density at radius 1 is 0.870 bits per heavy atom. The SMILES string of the molecule is O=C(Nc1ccc2c(c1)oc1ccccc12)c1cccc(I)c1. The van der Waals surface area contributed by atoms with Gasteiger partial charge in [0.15, 0.2) is 0 Å². The van der Waals surface area contributed by atoms with E-state index in [1.54, 1.807) is 6.07 Å². The fraction of sp³-hybridized carbons (Fsp3) is 0. The van der Waals surface area contributed by atoms with Gasteiger partial charge in [0.1, 0.15) is 11.2 Å². The molecular weight excluding hydrogens is 401 g/mol. The standard InChI is InChI=1S/C19H12INO2/c20-13-5-3-4-12(10-13)19(22)21-14-8-9-16-15-6-1-2-7-17(15)23-18(16)11-14/h1-11H,(H,21,22). The van der Waals surface area contributed by atoms with Gasteiger partial charge in [0.05, 0.1) is 0 Å². The lowest BCUT2D eigenvalue weighted by Gasteiger charge is -2.05. The summed E-state index contributed by atoms with van der Waals surface area (Å²) >= 11 is 2.19. The molecule has 3 nitrogen and oxygen atoms in total. The average molecular weight is 413 g/mol. The molecule has 0 atom stereocenters. The summed E-state index contributed by atoms with van der Waals surface area (Å²) in [6.07, 6.45) is 0. The number of hydrogen-bond donors (Lipinski definition) is 1. The Hall–Kier alpha value is -2.34. The lowest BCUT2D eigenvalue weighted by molar-refractivity contribution is 0.102. The van der Waals surface area contributed by atoms with E-state index in [0.717, 1.165) is 31.2 Å². The molecule has 1 amide bonds. The molecule has 23 heavy (non-hydrogen) atoms. The first kappa shape index (κ1) is 14.3. The van der Waals surface area contributed by atoms with Crippen LogP contribution in [0.5, 0.6) is 0 Å². The van der Waals surface area contributed by atoms with E-state index in [1.807, 2.05) is 60.7 Å². The molecule has 0 aliphatic carbocycles. The predicted octanol–water partition coefficient (Wildman–Crippen LogP) is 5.44. The molecule has 0 aliphatic heterocycles. The van der Waals surface area contributed by atoms with E-state index in [1.165, 1.54) is 0 Å². The molecule has 1 aromatic heterocycles. The normalized spacial score (nSPS) is 11.0. The molecule has 4 heteroatoms. The highest BCUT2D eigenvalue weighted by molar-refractivity contribution is 14.1. The number of furan rings is 1. The highest BCUT2D eigenvalue weighted by Crippen LogP contribution is 2.30. The highest BCUT2D eigenvalue weighted by atomic mass is 127. The molecule has 0 bridgehead atoms. The van der Waals surface area contributed by atoms with Crippen molar-refractivity contribution in [3.8, 4) is 0 Å². The van der Waals surface area contributed by atoms with E-state index in [2.05, 4.69) is 27.9 Å². The van der Waals surface area contributed by atoms with Gasteiger partial charge in [-0.2, -0.15) is 0 Å². The Bertz CT molecular complexity index is 1040. The van der Waals surface area contributed by atoms with Gasteiger partial charge in [-0.3, -0.25) is 4.79 Å². The van der Waals surface area contributed by atoms with E-state index in [0.29, 0.717) is 5.56 Å². The van der Waals surface area contributed by atoms with E-state index < -0.39 is 0 Å². The lowest BCUT2D eigenvalue weighted by atomic mass is 10.1. The van der Waals surface area contributed by atoms with Gasteiger partial charge in [0.25, 0.3) is 5.91 Å². The molecule has 0 aliphatic rings. The molecule has 4 aromatic rings. The third-order valence-electron chi connectivity index (χ3n) is 3.72. The van der Waals surface area contributed by atoms with Crippen molar-refractivity contribution >= 4 is 56.1 Å². The number of benzene rings is 3. The maximum Gasteiger partial charge on any atom is 0.255 e. The molecule has 112 valence electrons. The topological polar surface area (TPSA) is 42.2 Å². The summed E-state index contributed by atoms with van der Waals surface area (Å²) in [4.78, 5) is 12.3. The number of nitrogens with one attached hydrogen (secondary N) is 1. The van der Waals surface area contributed by atoms with Crippen LogP contribution in [0.2, 0.25) is 0 Å². The zero-order valence-electron chi connectivity index (χ0n) is 12.0. The number of carbonyl (C=O) groups excluding carboxylic acids is 1. The summed E-state index contributed by atoms with van der Waals surface area (Å²) in [5.41, 5.74) is 2.98. The number of anilines is 1. The average Bonchev–Trinajstić information content (AvgIpc) is 2.92. The highest BCUT2D eigenvalue weighted by Gasteiger charge is 2.10. The molecule has 3 aromatic carbocycles. The summed E-state index contributed by atoms with van der Waals surface area (Å²) in [7, 11) is 0. The minimum atomic E-state index is -0.126. The predicted molar refractivity (Wildman–Crippen MR) is 101 cm³/mol. The molecule has 0 spiro atoms.